The molecule has 0 aromatic carbocycles. The molecule has 1 heterocycles. The van der Waals surface area contributed by atoms with Crippen molar-refractivity contribution in [2.45, 2.75) is 26.3 Å². The molecule has 0 aliphatic rings. The van der Waals surface area contributed by atoms with Crippen molar-refractivity contribution in [2.75, 3.05) is 6.54 Å². The number of nitrogens with one attached hydrogen (secondary N) is 1. The third-order valence-electron chi connectivity index (χ3n) is 2.07. The second kappa shape index (κ2) is 5.40. The summed E-state index contributed by atoms with van der Waals surface area (Å²) in [5.74, 6) is 0. The van der Waals surface area contributed by atoms with E-state index in [1.165, 1.54) is 5.56 Å². The molecule has 0 amide bonds. The Kier molecular flexibility index (Phi) is 4.14. The summed E-state index contributed by atoms with van der Waals surface area (Å²) >= 11 is 0. The van der Waals surface area contributed by atoms with E-state index in [1.807, 2.05) is 24.9 Å². The lowest BCUT2D eigenvalue weighted by Crippen LogP contribution is -2.14. The number of hydrogen-bond donors (Lipinski definition) is 1. The number of unbranched alkanes of at least 4 members (excludes halogenated alkanes) is 1. The zero-order chi connectivity index (χ0) is 10.4. The van der Waals surface area contributed by atoms with E-state index < -0.39 is 0 Å². The summed E-state index contributed by atoms with van der Waals surface area (Å²) in [6.45, 7) is 3.74. The zero-order valence-corrected chi connectivity index (χ0v) is 8.75. The summed E-state index contributed by atoms with van der Waals surface area (Å²) in [4.78, 5) is 0. The van der Waals surface area contributed by atoms with Crippen LogP contribution in [0.5, 0.6) is 0 Å². The maximum absolute atomic E-state index is 8.34. The van der Waals surface area contributed by atoms with Crippen molar-refractivity contribution in [2.24, 2.45) is 7.05 Å². The van der Waals surface area contributed by atoms with Gasteiger partial charge in [-0.1, -0.05) is 0 Å². The third-order valence-corrected chi connectivity index (χ3v) is 2.07. The molecule has 0 radical (unpaired) electrons. The van der Waals surface area contributed by atoms with Crippen LogP contribution in [0.4, 0.5) is 0 Å². The van der Waals surface area contributed by atoms with E-state index in [0.717, 1.165) is 25.2 Å². The molecule has 1 rings (SSSR count). The molecule has 1 aromatic rings. The van der Waals surface area contributed by atoms with Crippen LogP contribution < -0.4 is 5.32 Å². The Hall–Kier alpha value is -1.34. The third kappa shape index (κ3) is 3.19. The highest BCUT2D eigenvalue weighted by Gasteiger charge is 2.01. The summed E-state index contributed by atoms with van der Waals surface area (Å²) < 4.78 is 1.82. The van der Waals surface area contributed by atoms with Gasteiger partial charge in [-0.05, 0) is 19.9 Å². The molecule has 0 aliphatic carbocycles. The molecule has 0 saturated heterocycles. The van der Waals surface area contributed by atoms with Crippen LogP contribution in [0.2, 0.25) is 0 Å². The van der Waals surface area contributed by atoms with Gasteiger partial charge in [0.1, 0.15) is 0 Å². The minimum Gasteiger partial charge on any atom is -0.313 e. The number of aryl methyl sites for hydroxylation is 2. The minimum absolute atomic E-state index is 0.624. The van der Waals surface area contributed by atoms with Crippen molar-refractivity contribution in [3.8, 4) is 6.07 Å². The van der Waals surface area contributed by atoms with E-state index in [-0.39, 0.29) is 0 Å². The highest BCUT2D eigenvalue weighted by molar-refractivity contribution is 5.14. The number of nitrogens with zero attached hydrogens (tertiary/aromatic N) is 3. The van der Waals surface area contributed by atoms with Gasteiger partial charge in [0.15, 0.2) is 0 Å². The van der Waals surface area contributed by atoms with Gasteiger partial charge < -0.3 is 5.32 Å². The SMILES string of the molecule is Cc1nn(C)cc1CNCCCC#N. The molecule has 0 atom stereocenters. The van der Waals surface area contributed by atoms with Crippen molar-refractivity contribution < 1.29 is 0 Å². The Morgan fingerprint density at radius 2 is 2.43 bits per heavy atom. The first-order chi connectivity index (χ1) is 6.74. The summed E-state index contributed by atoms with van der Waals surface area (Å²) in [6.07, 6.45) is 3.56. The van der Waals surface area contributed by atoms with Crippen molar-refractivity contribution in [1.82, 2.24) is 15.1 Å². The maximum Gasteiger partial charge on any atom is 0.0638 e. The van der Waals surface area contributed by atoms with Crippen LogP contribution in [-0.2, 0) is 13.6 Å². The van der Waals surface area contributed by atoms with Gasteiger partial charge in [-0.25, -0.2) is 0 Å². The predicted molar refractivity (Wildman–Crippen MR) is 54.5 cm³/mol. The van der Waals surface area contributed by atoms with Gasteiger partial charge >= 0.3 is 0 Å². The van der Waals surface area contributed by atoms with Gasteiger partial charge in [0.25, 0.3) is 0 Å². The molecule has 0 unspecified atom stereocenters. The summed E-state index contributed by atoms with van der Waals surface area (Å²) in [5.41, 5.74) is 2.30. The zero-order valence-electron chi connectivity index (χ0n) is 8.75. The van der Waals surface area contributed by atoms with Crippen LogP contribution in [-0.4, -0.2) is 16.3 Å². The monoisotopic (exact) mass is 192 g/mol. The van der Waals surface area contributed by atoms with E-state index >= 15 is 0 Å². The molecule has 0 bridgehead atoms. The van der Waals surface area contributed by atoms with Crippen molar-refractivity contribution in [1.29, 1.82) is 5.26 Å². The van der Waals surface area contributed by atoms with Gasteiger partial charge in [0.2, 0.25) is 0 Å². The first-order valence-electron chi connectivity index (χ1n) is 4.81. The molecule has 0 saturated carbocycles. The summed E-state index contributed by atoms with van der Waals surface area (Å²) in [7, 11) is 1.92. The molecule has 1 N–H and O–H groups in total. The molecule has 4 heteroatoms. The van der Waals surface area contributed by atoms with Crippen LogP contribution >= 0.6 is 0 Å². The Bertz CT molecular complexity index is 321. The molecule has 4 nitrogen and oxygen atoms in total. The predicted octanol–water partition coefficient (Wildman–Crippen LogP) is 1.12. The van der Waals surface area contributed by atoms with Crippen LogP contribution in [0.15, 0.2) is 6.20 Å². The van der Waals surface area contributed by atoms with Crippen molar-refractivity contribution >= 4 is 0 Å². The lowest BCUT2D eigenvalue weighted by molar-refractivity contribution is 0.655. The smallest absolute Gasteiger partial charge is 0.0638 e. The topological polar surface area (TPSA) is 53.6 Å². The number of nitriles is 1. The maximum atomic E-state index is 8.34. The Labute approximate surface area is 84.5 Å². The first-order valence-corrected chi connectivity index (χ1v) is 4.81. The van der Waals surface area contributed by atoms with Crippen LogP contribution in [0.25, 0.3) is 0 Å². The summed E-state index contributed by atoms with van der Waals surface area (Å²) in [6, 6.07) is 2.13. The van der Waals surface area contributed by atoms with E-state index in [0.29, 0.717) is 6.42 Å². The second-order valence-electron chi connectivity index (χ2n) is 3.35. The molecular formula is C10H16N4. The Morgan fingerprint density at radius 3 is 3.00 bits per heavy atom. The first kappa shape index (κ1) is 10.7. The second-order valence-corrected chi connectivity index (χ2v) is 3.35. The van der Waals surface area contributed by atoms with Gasteiger partial charge in [0, 0.05) is 31.8 Å². The molecular weight excluding hydrogens is 176 g/mol. The van der Waals surface area contributed by atoms with Crippen molar-refractivity contribution in [3.63, 3.8) is 0 Å². The number of hydrogen-bond acceptors (Lipinski definition) is 3. The van der Waals surface area contributed by atoms with E-state index in [9.17, 15) is 0 Å². The lowest BCUT2D eigenvalue weighted by atomic mass is 10.2. The fourth-order valence-electron chi connectivity index (χ4n) is 1.34. The fraction of sp³-hybridized carbons (Fsp3) is 0.600. The Balaban J connectivity index is 2.25. The average molecular weight is 192 g/mol. The molecule has 0 aliphatic heterocycles. The van der Waals surface area contributed by atoms with Crippen LogP contribution in [0.3, 0.4) is 0 Å². The van der Waals surface area contributed by atoms with E-state index in [2.05, 4.69) is 16.5 Å². The van der Waals surface area contributed by atoms with Gasteiger partial charge in [-0.3, -0.25) is 4.68 Å². The minimum atomic E-state index is 0.624. The van der Waals surface area contributed by atoms with E-state index in [1.54, 1.807) is 0 Å². The van der Waals surface area contributed by atoms with Crippen molar-refractivity contribution in [3.05, 3.63) is 17.5 Å². The fourth-order valence-corrected chi connectivity index (χ4v) is 1.34. The molecule has 76 valence electrons. The Morgan fingerprint density at radius 1 is 1.64 bits per heavy atom. The summed E-state index contributed by atoms with van der Waals surface area (Å²) in [5, 5.41) is 15.9. The molecule has 1 aromatic heterocycles. The standard InChI is InChI=1S/C10H16N4/c1-9-10(8-14(2)13-9)7-12-6-4-3-5-11/h8,12H,3-4,6-7H2,1-2H3. The molecule has 0 fully saturated rings. The highest BCUT2D eigenvalue weighted by atomic mass is 15.2. The number of aromatic nitrogens is 2. The van der Waals surface area contributed by atoms with E-state index in [4.69, 9.17) is 5.26 Å². The largest absolute Gasteiger partial charge is 0.313 e. The normalized spacial score (nSPS) is 10.1. The highest BCUT2D eigenvalue weighted by Crippen LogP contribution is 2.03. The molecule has 0 spiro atoms. The lowest BCUT2D eigenvalue weighted by Gasteiger charge is -2.00. The van der Waals surface area contributed by atoms with Gasteiger partial charge in [0.05, 0.1) is 11.8 Å². The average Bonchev–Trinajstić information content (AvgIpc) is 2.45. The van der Waals surface area contributed by atoms with Gasteiger partial charge in [-0.2, -0.15) is 10.4 Å². The quantitative estimate of drug-likeness (QED) is 0.711. The molecule has 14 heavy (non-hydrogen) atoms. The number of rotatable bonds is 5. The van der Waals surface area contributed by atoms with Crippen LogP contribution in [0, 0.1) is 18.3 Å². The van der Waals surface area contributed by atoms with Crippen LogP contribution in [0.1, 0.15) is 24.1 Å². The van der Waals surface area contributed by atoms with Gasteiger partial charge in [-0.15, -0.1) is 0 Å².